The molecule has 1 fully saturated rings. The van der Waals surface area contributed by atoms with Gasteiger partial charge in [-0.1, -0.05) is 91.0 Å². The summed E-state index contributed by atoms with van der Waals surface area (Å²) in [5.41, 5.74) is 3.16. The fourth-order valence-electron chi connectivity index (χ4n) is 4.88. The number of fused-ring (bicyclic) bond motifs is 1. The molecule has 0 radical (unpaired) electrons. The predicted molar refractivity (Wildman–Crippen MR) is 145 cm³/mol. The van der Waals surface area contributed by atoms with Gasteiger partial charge in [0.25, 0.3) is 0 Å². The Labute approximate surface area is 232 Å². The minimum absolute atomic E-state index is 0.117. The van der Waals surface area contributed by atoms with E-state index in [1.54, 1.807) is 0 Å². The summed E-state index contributed by atoms with van der Waals surface area (Å²) in [6, 6.07) is 30.0. The first-order valence-corrected chi connectivity index (χ1v) is 13.9. The lowest BCUT2D eigenvalue weighted by Crippen LogP contribution is -2.60. The first kappa shape index (κ1) is 26.1. The van der Waals surface area contributed by atoms with Gasteiger partial charge in [0.05, 0.1) is 26.4 Å². The van der Waals surface area contributed by atoms with Crippen molar-refractivity contribution in [2.24, 2.45) is 0 Å². The molecule has 8 heteroatoms. The van der Waals surface area contributed by atoms with Crippen LogP contribution in [0.2, 0.25) is 0 Å². The van der Waals surface area contributed by atoms with Gasteiger partial charge in [0.15, 0.2) is 12.4 Å². The monoisotopic (exact) mass is 546 g/mol. The van der Waals surface area contributed by atoms with Crippen molar-refractivity contribution in [2.45, 2.75) is 49.7 Å². The molecular weight excluding hydrogens is 516 g/mol. The van der Waals surface area contributed by atoms with Crippen LogP contribution in [0.3, 0.4) is 0 Å². The number of thioether (sulfide) groups is 1. The minimum Gasteiger partial charge on any atom is -0.463 e. The maximum absolute atomic E-state index is 12.4. The number of cyclic esters (lactones) is 1. The van der Waals surface area contributed by atoms with Gasteiger partial charge in [0.2, 0.25) is 6.29 Å². The lowest BCUT2D eigenvalue weighted by Gasteiger charge is -2.47. The summed E-state index contributed by atoms with van der Waals surface area (Å²) in [7, 11) is 0. The molecular formula is C31H30O7S. The average molecular weight is 547 g/mol. The second-order valence-corrected chi connectivity index (χ2v) is 10.8. The molecule has 3 aromatic carbocycles. The molecule has 202 valence electrons. The summed E-state index contributed by atoms with van der Waals surface area (Å²) >= 11 is 1.39. The molecule has 0 spiro atoms. The average Bonchev–Trinajstić information content (AvgIpc) is 3.35. The number of benzene rings is 3. The van der Waals surface area contributed by atoms with Crippen molar-refractivity contribution in [2.75, 3.05) is 13.2 Å². The van der Waals surface area contributed by atoms with E-state index in [4.69, 9.17) is 28.4 Å². The van der Waals surface area contributed by atoms with Crippen LogP contribution in [0.5, 0.6) is 0 Å². The van der Waals surface area contributed by atoms with Crippen LogP contribution in [0.4, 0.5) is 0 Å². The molecule has 0 bridgehead atoms. The van der Waals surface area contributed by atoms with Crippen LogP contribution in [-0.4, -0.2) is 49.0 Å². The Kier molecular flexibility index (Phi) is 8.27. The van der Waals surface area contributed by atoms with E-state index in [9.17, 15) is 4.79 Å². The molecule has 0 aliphatic carbocycles. The van der Waals surface area contributed by atoms with Crippen LogP contribution >= 0.6 is 11.8 Å². The van der Waals surface area contributed by atoms with Gasteiger partial charge in [0.1, 0.15) is 28.5 Å². The number of carbonyl (C=O) groups is 1. The first-order chi connectivity index (χ1) is 19.2. The fraction of sp³-hybridized carbons (Fsp3) is 0.323. The molecule has 5 atom stereocenters. The molecule has 1 saturated heterocycles. The largest absolute Gasteiger partial charge is 0.463 e. The molecule has 6 rings (SSSR count). The third-order valence-corrected chi connectivity index (χ3v) is 8.23. The Morgan fingerprint density at radius 2 is 1.31 bits per heavy atom. The van der Waals surface area contributed by atoms with Crippen molar-refractivity contribution in [1.29, 1.82) is 0 Å². The molecule has 3 heterocycles. The zero-order valence-corrected chi connectivity index (χ0v) is 22.2. The molecule has 3 aliphatic rings. The van der Waals surface area contributed by atoms with Crippen LogP contribution in [0, 0.1) is 0 Å². The van der Waals surface area contributed by atoms with E-state index < -0.39 is 24.6 Å². The van der Waals surface area contributed by atoms with Crippen LogP contribution < -0.4 is 0 Å². The van der Waals surface area contributed by atoms with E-state index in [0.717, 1.165) is 16.7 Å². The van der Waals surface area contributed by atoms with Crippen LogP contribution in [0.15, 0.2) is 102 Å². The van der Waals surface area contributed by atoms with Gasteiger partial charge in [-0.15, -0.1) is 11.8 Å². The molecule has 0 N–H and O–H groups in total. The summed E-state index contributed by atoms with van der Waals surface area (Å²) < 4.78 is 37.1. The van der Waals surface area contributed by atoms with Crippen molar-refractivity contribution in [1.82, 2.24) is 0 Å². The number of hydrogen-bond acceptors (Lipinski definition) is 8. The van der Waals surface area contributed by atoms with Crippen molar-refractivity contribution >= 4 is 17.7 Å². The number of rotatable bonds is 10. The standard InChI is InChI=1S/C31H30O7S/c32-30-28-25(20-36-30)38-31-29(39-28)27(35-18-23-14-8-3-9-15-23)26(34-17-22-12-6-2-7-13-22)24(37-31)19-33-16-21-10-4-1-5-11-21/h1-15,24,26-27,29,31H,16-20H2/t24-,26-,27+,29+,31+/m1/s1. The predicted octanol–water partition coefficient (Wildman–Crippen LogP) is 5.00. The molecule has 3 aromatic rings. The molecule has 3 aliphatic heterocycles. The zero-order valence-electron chi connectivity index (χ0n) is 21.3. The highest BCUT2D eigenvalue weighted by molar-refractivity contribution is 8.04. The van der Waals surface area contributed by atoms with Crippen LogP contribution in [0.25, 0.3) is 0 Å². The summed E-state index contributed by atoms with van der Waals surface area (Å²) in [6.45, 7) is 1.62. The number of hydrogen-bond donors (Lipinski definition) is 0. The quantitative estimate of drug-likeness (QED) is 0.329. The molecule has 0 amide bonds. The number of carbonyl (C=O) groups excluding carboxylic acids is 1. The molecule has 0 aromatic heterocycles. The minimum atomic E-state index is -0.633. The third kappa shape index (κ3) is 6.21. The van der Waals surface area contributed by atoms with E-state index in [1.807, 2.05) is 91.0 Å². The van der Waals surface area contributed by atoms with Gasteiger partial charge in [-0.05, 0) is 16.7 Å². The van der Waals surface area contributed by atoms with Gasteiger partial charge in [0, 0.05) is 0 Å². The number of ether oxygens (including phenoxy) is 6. The maximum atomic E-state index is 12.4. The lowest BCUT2D eigenvalue weighted by atomic mass is 10.00. The summed E-state index contributed by atoms with van der Waals surface area (Å²) in [4.78, 5) is 12.9. The molecule has 7 nitrogen and oxygen atoms in total. The van der Waals surface area contributed by atoms with E-state index in [2.05, 4.69) is 0 Å². The van der Waals surface area contributed by atoms with Gasteiger partial charge in [-0.25, -0.2) is 4.79 Å². The Morgan fingerprint density at radius 1 is 0.744 bits per heavy atom. The Morgan fingerprint density at radius 3 is 1.92 bits per heavy atom. The molecule has 39 heavy (non-hydrogen) atoms. The second-order valence-electron chi connectivity index (χ2n) is 9.59. The normalized spacial score (nSPS) is 25.9. The van der Waals surface area contributed by atoms with Crippen molar-refractivity contribution in [3.05, 3.63) is 118 Å². The van der Waals surface area contributed by atoms with Gasteiger partial charge in [-0.3, -0.25) is 0 Å². The smallest absolute Gasteiger partial charge is 0.348 e. The van der Waals surface area contributed by atoms with Crippen LogP contribution in [-0.2, 0) is 53.0 Å². The molecule has 0 saturated carbocycles. The van der Waals surface area contributed by atoms with Crippen molar-refractivity contribution < 1.29 is 33.2 Å². The van der Waals surface area contributed by atoms with Gasteiger partial charge >= 0.3 is 5.97 Å². The van der Waals surface area contributed by atoms with E-state index in [1.165, 1.54) is 11.8 Å². The van der Waals surface area contributed by atoms with Crippen LogP contribution in [0.1, 0.15) is 16.7 Å². The second kappa shape index (κ2) is 12.4. The fourth-order valence-corrected chi connectivity index (χ4v) is 6.14. The Bertz CT molecular complexity index is 1270. The van der Waals surface area contributed by atoms with Crippen molar-refractivity contribution in [3.63, 3.8) is 0 Å². The summed E-state index contributed by atoms with van der Waals surface area (Å²) in [5, 5.41) is -0.329. The first-order valence-electron chi connectivity index (χ1n) is 13.1. The van der Waals surface area contributed by atoms with E-state index >= 15 is 0 Å². The maximum Gasteiger partial charge on any atom is 0.348 e. The summed E-state index contributed by atoms with van der Waals surface area (Å²) in [6.07, 6.45) is -2.00. The van der Waals surface area contributed by atoms with Gasteiger partial charge in [-0.2, -0.15) is 0 Å². The SMILES string of the molecule is O=C1OCC2=C1S[C@@H]1[C@H](O2)O[C@H](COCc2ccccc2)[C@@H](OCc2ccccc2)[C@@H]1OCc1ccccc1. The zero-order chi connectivity index (χ0) is 26.4. The highest BCUT2D eigenvalue weighted by Crippen LogP contribution is 2.45. The lowest BCUT2D eigenvalue weighted by molar-refractivity contribution is -0.267. The van der Waals surface area contributed by atoms with E-state index in [0.29, 0.717) is 30.5 Å². The van der Waals surface area contributed by atoms with E-state index in [-0.39, 0.29) is 24.4 Å². The number of esters is 1. The topological polar surface area (TPSA) is 72.5 Å². The highest BCUT2D eigenvalue weighted by atomic mass is 32.2. The third-order valence-electron chi connectivity index (χ3n) is 6.84. The van der Waals surface area contributed by atoms with Gasteiger partial charge < -0.3 is 28.4 Å². The Hall–Kier alpha value is -3.14. The van der Waals surface area contributed by atoms with Crippen molar-refractivity contribution in [3.8, 4) is 0 Å². The Balaban J connectivity index is 1.26. The molecule has 0 unspecified atom stereocenters. The summed E-state index contributed by atoms with van der Waals surface area (Å²) in [5.74, 6) is 0.144. The highest BCUT2D eigenvalue weighted by Gasteiger charge is 2.53.